The second kappa shape index (κ2) is 4.63. The van der Waals surface area contributed by atoms with Crippen LogP contribution in [0.2, 0.25) is 0 Å². The highest BCUT2D eigenvalue weighted by Crippen LogP contribution is 2.31. The molecule has 5 nitrogen and oxygen atoms in total. The van der Waals surface area contributed by atoms with Gasteiger partial charge in [-0.3, -0.25) is 0 Å². The molecule has 1 aromatic carbocycles. The molecule has 19 heavy (non-hydrogen) atoms. The zero-order valence-electron chi connectivity index (χ0n) is 9.27. The summed E-state index contributed by atoms with van der Waals surface area (Å²) in [4.78, 5) is 11.5. The van der Waals surface area contributed by atoms with E-state index < -0.39 is 17.7 Å². The number of alkyl halides is 3. The van der Waals surface area contributed by atoms with Gasteiger partial charge in [0.25, 0.3) is 5.76 Å². The molecule has 0 amide bonds. The van der Waals surface area contributed by atoms with E-state index in [1.807, 2.05) is 0 Å². The third kappa shape index (κ3) is 2.84. The fraction of sp³-hybridized carbons (Fsp3) is 0.0909. The number of anilines is 1. The summed E-state index contributed by atoms with van der Waals surface area (Å²) in [5, 5.41) is 3.26. The summed E-state index contributed by atoms with van der Waals surface area (Å²) >= 11 is 0. The van der Waals surface area contributed by atoms with Crippen LogP contribution >= 0.6 is 0 Å². The molecule has 0 aliphatic carbocycles. The van der Waals surface area contributed by atoms with Crippen LogP contribution in [-0.4, -0.2) is 11.1 Å². The number of nitrogens with two attached hydrogens (primary N) is 1. The third-order valence-corrected chi connectivity index (χ3v) is 2.16. The van der Waals surface area contributed by atoms with Gasteiger partial charge in [-0.2, -0.15) is 13.2 Å². The van der Waals surface area contributed by atoms with Crippen LogP contribution in [0.1, 0.15) is 16.1 Å². The molecule has 0 fully saturated rings. The normalized spacial score (nSPS) is 11.3. The molecule has 1 heterocycles. The molecular formula is C11H7F3N2O3. The van der Waals surface area contributed by atoms with Gasteiger partial charge in [-0.05, 0) is 18.2 Å². The first-order valence-corrected chi connectivity index (χ1v) is 4.97. The Kier molecular flexibility index (Phi) is 3.16. The number of nitrogens with zero attached hydrogens (tertiary/aromatic N) is 1. The first kappa shape index (κ1) is 12.9. The second-order valence-electron chi connectivity index (χ2n) is 3.53. The Morgan fingerprint density at radius 1 is 1.37 bits per heavy atom. The molecule has 0 saturated carbocycles. The molecule has 0 aliphatic rings. The smallest absolute Gasteiger partial charge is 0.416 e. The average molecular weight is 272 g/mol. The Balaban J connectivity index is 2.21. The van der Waals surface area contributed by atoms with Gasteiger partial charge in [0.2, 0.25) is 0 Å². The molecular weight excluding hydrogens is 265 g/mol. The summed E-state index contributed by atoms with van der Waals surface area (Å²) in [5.74, 6) is -1.65. The number of halogens is 3. The summed E-state index contributed by atoms with van der Waals surface area (Å²) < 4.78 is 46.6. The fourth-order valence-corrected chi connectivity index (χ4v) is 1.29. The minimum atomic E-state index is -4.52. The van der Waals surface area contributed by atoms with Crippen molar-refractivity contribution >= 4 is 11.7 Å². The molecule has 1 aromatic heterocycles. The van der Waals surface area contributed by atoms with Crippen LogP contribution in [0.5, 0.6) is 5.75 Å². The highest BCUT2D eigenvalue weighted by atomic mass is 19.4. The largest absolute Gasteiger partial charge is 0.421 e. The van der Waals surface area contributed by atoms with Crippen LogP contribution in [0.3, 0.4) is 0 Å². The van der Waals surface area contributed by atoms with E-state index in [-0.39, 0.29) is 17.2 Å². The van der Waals surface area contributed by atoms with Crippen LogP contribution < -0.4 is 10.5 Å². The zero-order chi connectivity index (χ0) is 14.0. The van der Waals surface area contributed by atoms with Gasteiger partial charge in [-0.15, -0.1) is 0 Å². The maximum absolute atomic E-state index is 12.5. The second-order valence-corrected chi connectivity index (χ2v) is 3.53. The number of ether oxygens (including phenoxy) is 1. The highest BCUT2D eigenvalue weighted by molar-refractivity contribution is 5.93. The van der Waals surface area contributed by atoms with E-state index in [9.17, 15) is 18.0 Å². The van der Waals surface area contributed by atoms with Crippen LogP contribution in [-0.2, 0) is 6.18 Å². The van der Waals surface area contributed by atoms with E-state index in [1.54, 1.807) is 0 Å². The number of hydrogen-bond acceptors (Lipinski definition) is 5. The number of nitrogen functional groups attached to an aromatic ring is 1. The van der Waals surface area contributed by atoms with Crippen LogP contribution in [0.25, 0.3) is 0 Å². The van der Waals surface area contributed by atoms with Crippen molar-refractivity contribution in [2.45, 2.75) is 6.18 Å². The molecule has 100 valence electrons. The van der Waals surface area contributed by atoms with Gasteiger partial charge in [0.05, 0.1) is 11.8 Å². The van der Waals surface area contributed by atoms with Gasteiger partial charge in [0, 0.05) is 0 Å². The molecule has 0 atom stereocenters. The van der Waals surface area contributed by atoms with Crippen LogP contribution in [0.15, 0.2) is 35.0 Å². The Bertz CT molecular complexity index is 607. The van der Waals surface area contributed by atoms with Crippen molar-refractivity contribution in [2.75, 3.05) is 5.73 Å². The lowest BCUT2D eigenvalue weighted by atomic mass is 10.2. The fourth-order valence-electron chi connectivity index (χ4n) is 1.29. The maximum atomic E-state index is 12.5. The lowest BCUT2D eigenvalue weighted by Gasteiger charge is -2.08. The van der Waals surface area contributed by atoms with Crippen molar-refractivity contribution in [3.63, 3.8) is 0 Å². The number of benzene rings is 1. The molecule has 0 bridgehead atoms. The topological polar surface area (TPSA) is 78.4 Å². The van der Waals surface area contributed by atoms with Gasteiger partial charge in [0.1, 0.15) is 11.4 Å². The average Bonchev–Trinajstić information content (AvgIpc) is 2.75. The monoisotopic (exact) mass is 272 g/mol. The van der Waals surface area contributed by atoms with Gasteiger partial charge < -0.3 is 15.0 Å². The lowest BCUT2D eigenvalue weighted by molar-refractivity contribution is -0.137. The first-order valence-electron chi connectivity index (χ1n) is 4.97. The number of carbonyl (C=O) groups excluding carboxylic acids is 1. The number of hydrogen-bond donors (Lipinski definition) is 1. The number of rotatable bonds is 2. The number of carbonyl (C=O) groups is 1. The van der Waals surface area contributed by atoms with Gasteiger partial charge in [0.15, 0.2) is 0 Å². The standard InChI is InChI=1S/C11H7F3N2O3/c12-11(13,14)6-2-1-3-7(4-6)18-10(17)9-8(15)5-16-19-9/h1-5H,15H2. The quantitative estimate of drug-likeness (QED) is 0.671. The van der Waals surface area contributed by atoms with E-state index >= 15 is 0 Å². The van der Waals surface area contributed by atoms with E-state index in [2.05, 4.69) is 9.68 Å². The van der Waals surface area contributed by atoms with Crippen molar-refractivity contribution < 1.29 is 27.2 Å². The van der Waals surface area contributed by atoms with Crippen LogP contribution in [0, 0.1) is 0 Å². The Labute approximate surface area is 104 Å². The summed E-state index contributed by atoms with van der Waals surface area (Å²) in [6.07, 6.45) is -3.43. The number of esters is 1. The first-order chi connectivity index (χ1) is 8.88. The lowest BCUT2D eigenvalue weighted by Crippen LogP contribution is -2.11. The van der Waals surface area contributed by atoms with E-state index in [4.69, 9.17) is 10.5 Å². The van der Waals surface area contributed by atoms with Crippen molar-refractivity contribution in [3.05, 3.63) is 41.8 Å². The molecule has 2 aromatic rings. The summed E-state index contributed by atoms with van der Waals surface area (Å²) in [7, 11) is 0. The minimum Gasteiger partial charge on any atom is -0.421 e. The molecule has 0 aliphatic heterocycles. The summed E-state index contributed by atoms with van der Waals surface area (Å²) in [5.41, 5.74) is 4.37. The van der Waals surface area contributed by atoms with Crippen LogP contribution in [0.4, 0.5) is 18.9 Å². The molecule has 2 N–H and O–H groups in total. The van der Waals surface area contributed by atoms with Crippen molar-refractivity contribution in [2.24, 2.45) is 0 Å². The molecule has 8 heteroatoms. The molecule has 0 spiro atoms. The molecule has 0 unspecified atom stereocenters. The van der Waals surface area contributed by atoms with E-state index in [1.165, 1.54) is 6.07 Å². The number of aromatic nitrogens is 1. The van der Waals surface area contributed by atoms with Gasteiger partial charge >= 0.3 is 12.1 Å². The zero-order valence-corrected chi connectivity index (χ0v) is 9.27. The predicted octanol–water partition coefficient (Wildman–Crippen LogP) is 2.49. The molecule has 2 rings (SSSR count). The Morgan fingerprint density at radius 2 is 2.11 bits per heavy atom. The van der Waals surface area contributed by atoms with E-state index in [0.29, 0.717) is 6.07 Å². The highest BCUT2D eigenvalue weighted by Gasteiger charge is 2.31. The Morgan fingerprint density at radius 3 is 2.68 bits per heavy atom. The SMILES string of the molecule is Nc1cnoc1C(=O)Oc1cccc(C(F)(F)F)c1. The molecule has 0 saturated heterocycles. The van der Waals surface area contributed by atoms with E-state index in [0.717, 1.165) is 18.3 Å². The van der Waals surface area contributed by atoms with Crippen molar-refractivity contribution in [1.29, 1.82) is 0 Å². The minimum absolute atomic E-state index is 0.0584. The van der Waals surface area contributed by atoms with Crippen molar-refractivity contribution in [3.8, 4) is 5.75 Å². The summed E-state index contributed by atoms with van der Waals surface area (Å²) in [6, 6.07) is 3.89. The van der Waals surface area contributed by atoms with Gasteiger partial charge in [-0.1, -0.05) is 11.2 Å². The maximum Gasteiger partial charge on any atom is 0.416 e. The summed E-state index contributed by atoms with van der Waals surface area (Å²) in [6.45, 7) is 0. The van der Waals surface area contributed by atoms with Gasteiger partial charge in [-0.25, -0.2) is 4.79 Å². The Hall–Kier alpha value is -2.51. The predicted molar refractivity (Wildman–Crippen MR) is 57.3 cm³/mol. The molecule has 0 radical (unpaired) electrons. The van der Waals surface area contributed by atoms with Crippen molar-refractivity contribution in [1.82, 2.24) is 5.16 Å². The third-order valence-electron chi connectivity index (χ3n) is 2.16.